The molecule has 0 saturated heterocycles. The lowest BCUT2D eigenvalue weighted by Gasteiger charge is -2.34. The molecule has 0 amide bonds. The van der Waals surface area contributed by atoms with Crippen LogP contribution < -0.4 is 10.6 Å². The summed E-state index contributed by atoms with van der Waals surface area (Å²) < 4.78 is 0.982. The first-order valence-corrected chi connectivity index (χ1v) is 7.24. The molecule has 2 N–H and O–H groups in total. The van der Waals surface area contributed by atoms with E-state index in [-0.39, 0.29) is 0 Å². The maximum absolute atomic E-state index is 6.30. The van der Waals surface area contributed by atoms with Crippen molar-refractivity contribution in [2.75, 3.05) is 17.7 Å². The molecule has 1 aromatic rings. The highest BCUT2D eigenvalue weighted by Crippen LogP contribution is 2.38. The number of nitrogens with two attached hydrogens (primary N) is 1. The molecule has 0 aliphatic heterocycles. The van der Waals surface area contributed by atoms with E-state index in [2.05, 4.69) is 27.9 Å². The zero-order valence-electron chi connectivity index (χ0n) is 10.0. The number of halogens is 2. The summed E-state index contributed by atoms with van der Waals surface area (Å²) >= 11 is 9.86. The van der Waals surface area contributed by atoms with Crippen molar-refractivity contribution >= 4 is 38.9 Å². The van der Waals surface area contributed by atoms with E-state index in [9.17, 15) is 0 Å². The lowest BCUT2D eigenvalue weighted by molar-refractivity contribution is 0.427. The summed E-state index contributed by atoms with van der Waals surface area (Å²) in [5, 5.41) is 0.727. The van der Waals surface area contributed by atoms with E-state index in [0.717, 1.165) is 15.2 Å². The van der Waals surface area contributed by atoms with Crippen molar-refractivity contribution in [1.29, 1.82) is 0 Å². The Morgan fingerprint density at radius 3 is 2.53 bits per heavy atom. The molecule has 1 fully saturated rings. The van der Waals surface area contributed by atoms with Crippen molar-refractivity contribution < 1.29 is 0 Å². The van der Waals surface area contributed by atoms with Crippen LogP contribution in [0.25, 0.3) is 0 Å². The first-order valence-electron chi connectivity index (χ1n) is 6.07. The van der Waals surface area contributed by atoms with E-state index in [1.165, 1.54) is 32.1 Å². The van der Waals surface area contributed by atoms with Gasteiger partial charge in [0.05, 0.1) is 10.7 Å². The number of hydrogen-bond acceptors (Lipinski definition) is 2. The number of nitrogens with zero attached hydrogens (tertiary/aromatic N) is 1. The van der Waals surface area contributed by atoms with E-state index in [0.29, 0.717) is 11.7 Å². The van der Waals surface area contributed by atoms with Crippen LogP contribution in [0.2, 0.25) is 5.02 Å². The Kier molecular flexibility index (Phi) is 4.21. The van der Waals surface area contributed by atoms with Gasteiger partial charge in [-0.1, -0.05) is 30.9 Å². The van der Waals surface area contributed by atoms with E-state index >= 15 is 0 Å². The molecule has 94 valence electrons. The van der Waals surface area contributed by atoms with Crippen molar-refractivity contribution in [3.05, 3.63) is 21.6 Å². The van der Waals surface area contributed by atoms with Crippen LogP contribution in [-0.2, 0) is 0 Å². The monoisotopic (exact) mass is 316 g/mol. The molecule has 17 heavy (non-hydrogen) atoms. The Morgan fingerprint density at radius 1 is 1.29 bits per heavy atom. The molecule has 2 rings (SSSR count). The average Bonchev–Trinajstić information content (AvgIpc) is 2.28. The summed E-state index contributed by atoms with van der Waals surface area (Å²) in [7, 11) is 2.12. The van der Waals surface area contributed by atoms with E-state index in [1.807, 2.05) is 12.1 Å². The molecule has 0 heterocycles. The fourth-order valence-electron chi connectivity index (χ4n) is 2.57. The summed E-state index contributed by atoms with van der Waals surface area (Å²) in [5.74, 6) is 0. The van der Waals surface area contributed by atoms with Crippen LogP contribution >= 0.6 is 27.5 Å². The summed E-state index contributed by atoms with van der Waals surface area (Å²) in [6, 6.07) is 4.34. The summed E-state index contributed by atoms with van der Waals surface area (Å²) in [4.78, 5) is 2.30. The van der Waals surface area contributed by atoms with Gasteiger partial charge in [0.25, 0.3) is 0 Å². The summed E-state index contributed by atoms with van der Waals surface area (Å²) in [5.41, 5.74) is 7.53. The third-order valence-corrected chi connectivity index (χ3v) is 4.41. The number of anilines is 2. The third-order valence-electron chi connectivity index (χ3n) is 3.51. The Bertz CT molecular complexity index is 379. The Hall–Kier alpha value is -0.410. The van der Waals surface area contributed by atoms with Gasteiger partial charge in [0, 0.05) is 23.2 Å². The van der Waals surface area contributed by atoms with Gasteiger partial charge in [-0.05, 0) is 40.9 Å². The molecule has 1 saturated carbocycles. The molecule has 0 atom stereocenters. The molecule has 0 aromatic heterocycles. The van der Waals surface area contributed by atoms with Gasteiger partial charge >= 0.3 is 0 Å². The van der Waals surface area contributed by atoms with Gasteiger partial charge in [-0.25, -0.2) is 0 Å². The maximum atomic E-state index is 6.30. The van der Waals surface area contributed by atoms with Crippen LogP contribution in [0.4, 0.5) is 11.4 Å². The number of hydrogen-bond donors (Lipinski definition) is 1. The van der Waals surface area contributed by atoms with Crippen LogP contribution in [0.3, 0.4) is 0 Å². The zero-order chi connectivity index (χ0) is 12.4. The highest BCUT2D eigenvalue weighted by molar-refractivity contribution is 9.10. The highest BCUT2D eigenvalue weighted by atomic mass is 79.9. The smallest absolute Gasteiger partial charge is 0.0701 e. The SMILES string of the molecule is CN(c1c(Cl)cc(N)cc1Br)C1CCCCC1. The van der Waals surface area contributed by atoms with E-state index < -0.39 is 0 Å². The number of nitrogen functional groups attached to an aromatic ring is 1. The lowest BCUT2D eigenvalue weighted by Crippen LogP contribution is -2.33. The molecule has 0 unspecified atom stereocenters. The average molecular weight is 318 g/mol. The maximum Gasteiger partial charge on any atom is 0.0701 e. The van der Waals surface area contributed by atoms with E-state index in [1.54, 1.807) is 0 Å². The Morgan fingerprint density at radius 2 is 1.94 bits per heavy atom. The molecule has 1 aliphatic carbocycles. The quantitative estimate of drug-likeness (QED) is 0.816. The van der Waals surface area contributed by atoms with Crippen LogP contribution in [0.1, 0.15) is 32.1 Å². The normalized spacial score (nSPS) is 17.1. The second-order valence-corrected chi connectivity index (χ2v) is 6.00. The number of rotatable bonds is 2. The topological polar surface area (TPSA) is 29.3 Å². The molecule has 4 heteroatoms. The Labute approximate surface area is 116 Å². The molecule has 0 spiro atoms. The molecular weight excluding hydrogens is 300 g/mol. The van der Waals surface area contributed by atoms with Gasteiger partial charge in [0.2, 0.25) is 0 Å². The minimum Gasteiger partial charge on any atom is -0.399 e. The van der Waals surface area contributed by atoms with Crippen molar-refractivity contribution in [3.63, 3.8) is 0 Å². The largest absolute Gasteiger partial charge is 0.399 e. The first kappa shape index (κ1) is 13.0. The van der Waals surface area contributed by atoms with Crippen molar-refractivity contribution in [3.8, 4) is 0 Å². The molecule has 1 aliphatic rings. The van der Waals surface area contributed by atoms with Gasteiger partial charge in [0.1, 0.15) is 0 Å². The molecule has 1 aromatic carbocycles. The summed E-state index contributed by atoms with van der Waals surface area (Å²) in [6.45, 7) is 0. The number of benzene rings is 1. The van der Waals surface area contributed by atoms with Crippen molar-refractivity contribution in [1.82, 2.24) is 0 Å². The molecular formula is C13H18BrClN2. The third kappa shape index (κ3) is 2.89. The second kappa shape index (κ2) is 5.49. The van der Waals surface area contributed by atoms with Crippen molar-refractivity contribution in [2.24, 2.45) is 0 Å². The summed E-state index contributed by atoms with van der Waals surface area (Å²) in [6.07, 6.45) is 6.51. The highest BCUT2D eigenvalue weighted by Gasteiger charge is 2.21. The lowest BCUT2D eigenvalue weighted by atomic mass is 9.94. The first-order chi connectivity index (χ1) is 8.09. The molecule has 0 radical (unpaired) electrons. The van der Waals surface area contributed by atoms with Gasteiger partial charge in [-0.2, -0.15) is 0 Å². The van der Waals surface area contributed by atoms with Gasteiger partial charge in [-0.15, -0.1) is 0 Å². The zero-order valence-corrected chi connectivity index (χ0v) is 12.4. The second-order valence-electron chi connectivity index (χ2n) is 4.74. The predicted octanol–water partition coefficient (Wildman–Crippen LogP) is 4.45. The molecule has 2 nitrogen and oxygen atoms in total. The van der Waals surface area contributed by atoms with Gasteiger partial charge in [0.15, 0.2) is 0 Å². The van der Waals surface area contributed by atoms with Crippen LogP contribution in [-0.4, -0.2) is 13.1 Å². The minimum absolute atomic E-state index is 0.598. The van der Waals surface area contributed by atoms with E-state index in [4.69, 9.17) is 17.3 Å². The predicted molar refractivity (Wildman–Crippen MR) is 78.8 cm³/mol. The standard InChI is InChI=1S/C13H18BrClN2/c1-17(10-5-3-2-4-6-10)13-11(14)7-9(16)8-12(13)15/h7-8,10H,2-6,16H2,1H3. The van der Waals surface area contributed by atoms with Crippen LogP contribution in [0.15, 0.2) is 16.6 Å². The van der Waals surface area contributed by atoms with Gasteiger partial charge < -0.3 is 10.6 Å². The fourth-order valence-corrected chi connectivity index (χ4v) is 3.81. The Balaban J connectivity index is 2.26. The van der Waals surface area contributed by atoms with Gasteiger partial charge in [-0.3, -0.25) is 0 Å². The minimum atomic E-state index is 0.598. The molecule has 0 bridgehead atoms. The van der Waals surface area contributed by atoms with Crippen LogP contribution in [0.5, 0.6) is 0 Å². The van der Waals surface area contributed by atoms with Crippen molar-refractivity contribution in [2.45, 2.75) is 38.1 Å². The van der Waals surface area contributed by atoms with Crippen LogP contribution in [0, 0.1) is 0 Å². The fraction of sp³-hybridized carbons (Fsp3) is 0.538.